The third-order valence-electron chi connectivity index (χ3n) is 0.814. The van der Waals surface area contributed by atoms with E-state index in [1.165, 1.54) is 6.08 Å². The fourth-order valence-electron chi connectivity index (χ4n) is 0.385. The summed E-state index contributed by atoms with van der Waals surface area (Å²) in [5.41, 5.74) is 2.90. The molecular weight excluding hydrogens is 110 g/mol. The molecule has 0 atom stereocenters. The predicted octanol–water partition coefficient (Wildman–Crippen LogP) is 2.30. The van der Waals surface area contributed by atoms with E-state index in [2.05, 4.69) is 18.5 Å². The van der Waals surface area contributed by atoms with E-state index < -0.39 is 0 Å². The first-order valence-corrected chi connectivity index (χ1v) is 3.06. The summed E-state index contributed by atoms with van der Waals surface area (Å²) in [7, 11) is 0. The number of rotatable bonds is 3. The fourth-order valence-corrected chi connectivity index (χ4v) is 0.385. The Hall–Kier alpha value is -1.03. The van der Waals surface area contributed by atoms with Gasteiger partial charge in [0, 0.05) is 6.08 Å². The van der Waals surface area contributed by atoms with Crippen molar-refractivity contribution in [2.75, 3.05) is 0 Å². The molecule has 48 valence electrons. The zero-order chi connectivity index (χ0) is 6.95. The molecule has 0 aliphatic rings. The van der Waals surface area contributed by atoms with Crippen LogP contribution in [-0.2, 0) is 0 Å². The Morgan fingerprint density at radius 1 is 1.44 bits per heavy atom. The minimum absolute atomic E-state index is 1.06. The molecule has 0 fully saturated rings. The summed E-state index contributed by atoms with van der Waals surface area (Å²) < 4.78 is 0. The van der Waals surface area contributed by atoms with Crippen LogP contribution in [0.3, 0.4) is 0 Å². The largest absolute Gasteiger partial charge is 0.259 e. The smallest absolute Gasteiger partial charge is 0.00669 e. The lowest BCUT2D eigenvalue weighted by atomic mass is 10.3. The summed E-state index contributed by atoms with van der Waals surface area (Å²) in [6.07, 6.45) is 7.36. The highest BCUT2D eigenvalue weighted by Crippen LogP contribution is 1.84. The van der Waals surface area contributed by atoms with Gasteiger partial charge in [0.25, 0.3) is 0 Å². The van der Waals surface area contributed by atoms with Crippen molar-refractivity contribution in [3.8, 4) is 0 Å². The Balaban J connectivity index is 3.53. The van der Waals surface area contributed by atoms with Gasteiger partial charge in [0.05, 0.1) is 0 Å². The maximum atomic E-state index is 6.49. The summed E-state index contributed by atoms with van der Waals surface area (Å²) >= 11 is 0. The van der Waals surface area contributed by atoms with E-state index in [-0.39, 0.29) is 0 Å². The van der Waals surface area contributed by atoms with Gasteiger partial charge in [-0.2, -0.15) is 0 Å². The van der Waals surface area contributed by atoms with Crippen molar-refractivity contribution >= 4 is 5.87 Å². The van der Waals surface area contributed by atoms with E-state index in [0.29, 0.717) is 0 Å². The number of hydrogen-bond donors (Lipinski definition) is 1. The van der Waals surface area contributed by atoms with Gasteiger partial charge in [0.15, 0.2) is 0 Å². The Kier molecular flexibility index (Phi) is 6.17. The lowest BCUT2D eigenvalue weighted by Gasteiger charge is -1.74. The molecule has 0 rings (SSSR count). The summed E-state index contributed by atoms with van der Waals surface area (Å²) in [5, 5.41) is 6.49. The van der Waals surface area contributed by atoms with E-state index in [0.717, 1.165) is 12.8 Å². The third kappa shape index (κ3) is 6.97. The van der Waals surface area contributed by atoms with Gasteiger partial charge in [-0.15, -0.1) is 5.73 Å². The average molecular weight is 121 g/mol. The van der Waals surface area contributed by atoms with Crippen LogP contribution in [0, 0.1) is 5.41 Å². The van der Waals surface area contributed by atoms with Crippen LogP contribution in [0.4, 0.5) is 0 Å². The zero-order valence-electron chi connectivity index (χ0n) is 5.65. The number of hydrogen-bond acceptors (Lipinski definition) is 1. The van der Waals surface area contributed by atoms with Crippen molar-refractivity contribution in [1.29, 1.82) is 5.41 Å². The lowest BCUT2D eigenvalue weighted by molar-refractivity contribution is 0.960. The molecule has 0 bridgehead atoms. The average Bonchev–Trinajstić information content (AvgIpc) is 1.89. The molecule has 0 aromatic rings. The molecule has 0 saturated carbocycles. The minimum Gasteiger partial charge on any atom is -0.259 e. The molecule has 9 heavy (non-hydrogen) atoms. The Bertz CT molecular complexity index is 155. The van der Waals surface area contributed by atoms with Crippen LogP contribution < -0.4 is 0 Å². The maximum Gasteiger partial charge on any atom is 0.00669 e. The molecule has 1 heteroatoms. The molecule has 0 aromatic heterocycles. The molecule has 0 heterocycles. The molecule has 0 radical (unpaired) electrons. The molecule has 0 amide bonds. The molecule has 0 aliphatic heterocycles. The molecule has 0 saturated heterocycles. The van der Waals surface area contributed by atoms with Gasteiger partial charge in [0.2, 0.25) is 0 Å². The fraction of sp³-hybridized carbons (Fsp3) is 0.375. The SMILES string of the molecule is CCCC=C=CC=C=N. The van der Waals surface area contributed by atoms with Crippen LogP contribution in [-0.4, -0.2) is 5.87 Å². The Morgan fingerprint density at radius 3 is 2.78 bits per heavy atom. The molecule has 1 nitrogen and oxygen atoms in total. The van der Waals surface area contributed by atoms with Crippen LogP contribution >= 0.6 is 0 Å². The monoisotopic (exact) mass is 121 g/mol. The van der Waals surface area contributed by atoms with Crippen molar-refractivity contribution in [1.82, 2.24) is 0 Å². The minimum atomic E-state index is 1.06. The predicted molar refractivity (Wildman–Crippen MR) is 39.9 cm³/mol. The quantitative estimate of drug-likeness (QED) is 0.336. The van der Waals surface area contributed by atoms with Gasteiger partial charge in [-0.3, -0.25) is 5.41 Å². The second-order valence-electron chi connectivity index (χ2n) is 1.64. The summed E-state index contributed by atoms with van der Waals surface area (Å²) in [5.74, 6) is 2.13. The molecule has 0 unspecified atom stereocenters. The van der Waals surface area contributed by atoms with Gasteiger partial charge in [-0.25, -0.2) is 0 Å². The topological polar surface area (TPSA) is 23.9 Å². The highest BCUT2D eigenvalue weighted by Gasteiger charge is 1.65. The molecule has 0 aliphatic carbocycles. The first-order valence-electron chi connectivity index (χ1n) is 3.06. The second kappa shape index (κ2) is 6.97. The van der Waals surface area contributed by atoms with Gasteiger partial charge < -0.3 is 0 Å². The van der Waals surface area contributed by atoms with Crippen molar-refractivity contribution in [3.63, 3.8) is 0 Å². The van der Waals surface area contributed by atoms with E-state index in [9.17, 15) is 0 Å². The van der Waals surface area contributed by atoms with Crippen LogP contribution in [0.2, 0.25) is 0 Å². The molecule has 0 spiro atoms. The van der Waals surface area contributed by atoms with Gasteiger partial charge >= 0.3 is 0 Å². The zero-order valence-corrected chi connectivity index (χ0v) is 5.65. The van der Waals surface area contributed by atoms with Crippen molar-refractivity contribution in [2.45, 2.75) is 19.8 Å². The van der Waals surface area contributed by atoms with Crippen LogP contribution in [0.25, 0.3) is 0 Å². The number of nitrogens with one attached hydrogen (secondary N) is 1. The van der Waals surface area contributed by atoms with E-state index in [4.69, 9.17) is 5.41 Å². The lowest BCUT2D eigenvalue weighted by Crippen LogP contribution is -1.55. The van der Waals surface area contributed by atoms with Crippen LogP contribution in [0.1, 0.15) is 19.8 Å². The van der Waals surface area contributed by atoms with Gasteiger partial charge in [-0.05, 0) is 24.4 Å². The highest BCUT2D eigenvalue weighted by molar-refractivity contribution is 5.50. The van der Waals surface area contributed by atoms with Gasteiger partial charge in [0.1, 0.15) is 0 Å². The molecule has 1 N–H and O–H groups in total. The van der Waals surface area contributed by atoms with E-state index in [1.54, 1.807) is 6.08 Å². The van der Waals surface area contributed by atoms with Gasteiger partial charge in [-0.1, -0.05) is 13.3 Å². The van der Waals surface area contributed by atoms with E-state index in [1.807, 2.05) is 6.08 Å². The van der Waals surface area contributed by atoms with Crippen LogP contribution in [0.5, 0.6) is 0 Å². The molecule has 0 aromatic carbocycles. The van der Waals surface area contributed by atoms with Crippen molar-refractivity contribution in [2.24, 2.45) is 0 Å². The highest BCUT2D eigenvalue weighted by atomic mass is 14.3. The number of unbranched alkanes of at least 4 members (excludes halogenated alkanes) is 1. The summed E-state index contributed by atoms with van der Waals surface area (Å²) in [6, 6.07) is 0. The van der Waals surface area contributed by atoms with E-state index >= 15 is 0 Å². The Labute approximate surface area is 55.9 Å². The molecular formula is C8H11N. The Morgan fingerprint density at radius 2 is 2.22 bits per heavy atom. The first kappa shape index (κ1) is 7.97. The summed E-state index contributed by atoms with van der Waals surface area (Å²) in [4.78, 5) is 0. The maximum absolute atomic E-state index is 6.49. The normalized spacial score (nSPS) is 6.78. The second-order valence-corrected chi connectivity index (χ2v) is 1.64. The first-order chi connectivity index (χ1) is 4.41. The van der Waals surface area contributed by atoms with Crippen LogP contribution in [0.15, 0.2) is 24.0 Å². The standard InChI is InChI=1S/C8H11N/c1-2-3-4-5-6-7-8-9/h4,6-7,9H,2-3H2,1H3. The number of allylic oxidation sites excluding steroid dienone is 2. The van der Waals surface area contributed by atoms with Crippen molar-refractivity contribution in [3.05, 3.63) is 24.0 Å². The van der Waals surface area contributed by atoms with Crippen molar-refractivity contribution < 1.29 is 0 Å². The summed E-state index contributed by atoms with van der Waals surface area (Å²) in [6.45, 7) is 2.12. The third-order valence-corrected chi connectivity index (χ3v) is 0.814.